The van der Waals surface area contributed by atoms with Gasteiger partial charge in [0.2, 0.25) is 0 Å². The Kier molecular flexibility index (Phi) is 8.01. The summed E-state index contributed by atoms with van der Waals surface area (Å²) >= 11 is 1.73. The van der Waals surface area contributed by atoms with E-state index >= 15 is 0 Å². The maximum Gasteiger partial charge on any atom is 0.143 e. The summed E-state index contributed by atoms with van der Waals surface area (Å²) in [6, 6.07) is 73.3. The fourth-order valence-electron chi connectivity index (χ4n) is 8.03. The van der Waals surface area contributed by atoms with Crippen molar-refractivity contribution in [2.75, 3.05) is 4.90 Å². The number of hydrogen-bond acceptors (Lipinski definition) is 4. The molecule has 0 aliphatic rings. The molecule has 0 unspecified atom stereocenters. The van der Waals surface area contributed by atoms with E-state index in [2.05, 4.69) is 205 Å². The van der Waals surface area contributed by atoms with E-state index in [0.29, 0.717) is 0 Å². The summed E-state index contributed by atoms with van der Waals surface area (Å²) in [6.45, 7) is 0. The molecular weight excluding hydrogens is 713 g/mol. The van der Waals surface area contributed by atoms with Crippen molar-refractivity contribution in [1.82, 2.24) is 4.98 Å². The Labute approximate surface area is 334 Å². The molecule has 2 heterocycles. The van der Waals surface area contributed by atoms with Crippen molar-refractivity contribution in [3.8, 4) is 44.0 Å². The largest absolute Gasteiger partial charge is 0.455 e. The third-order valence-corrected chi connectivity index (χ3v) is 12.0. The van der Waals surface area contributed by atoms with Crippen molar-refractivity contribution in [2.24, 2.45) is 0 Å². The van der Waals surface area contributed by atoms with Gasteiger partial charge in [-0.15, -0.1) is 11.3 Å². The highest BCUT2D eigenvalue weighted by molar-refractivity contribution is 7.21. The number of hydrogen-bond donors (Lipinski definition) is 0. The number of furan rings is 1. The van der Waals surface area contributed by atoms with E-state index in [1.165, 1.54) is 15.8 Å². The van der Waals surface area contributed by atoms with Gasteiger partial charge >= 0.3 is 0 Å². The summed E-state index contributed by atoms with van der Waals surface area (Å²) in [5.74, 6) is 0. The van der Waals surface area contributed by atoms with Crippen molar-refractivity contribution in [3.63, 3.8) is 0 Å². The highest BCUT2D eigenvalue weighted by Crippen LogP contribution is 2.42. The molecule has 268 valence electrons. The molecule has 0 radical (unpaired) electrons. The van der Waals surface area contributed by atoms with Gasteiger partial charge in [-0.3, -0.25) is 0 Å². The van der Waals surface area contributed by atoms with Crippen LogP contribution in [-0.4, -0.2) is 4.98 Å². The van der Waals surface area contributed by atoms with E-state index in [0.717, 1.165) is 88.1 Å². The Bertz CT molecular complexity index is 3170. The minimum absolute atomic E-state index is 0.898. The molecule has 0 spiro atoms. The lowest BCUT2D eigenvalue weighted by Crippen LogP contribution is -2.09. The molecule has 0 aliphatic heterocycles. The van der Waals surface area contributed by atoms with Crippen LogP contribution < -0.4 is 4.90 Å². The second-order valence-corrected chi connectivity index (χ2v) is 15.4. The number of anilines is 3. The predicted octanol–water partition coefficient (Wildman–Crippen LogP) is 15.5. The van der Waals surface area contributed by atoms with Crippen LogP contribution in [0.2, 0.25) is 0 Å². The van der Waals surface area contributed by atoms with Crippen LogP contribution in [0, 0.1) is 0 Å². The molecule has 0 amide bonds. The molecule has 9 aromatic carbocycles. The van der Waals surface area contributed by atoms with Crippen molar-refractivity contribution < 1.29 is 4.42 Å². The molecule has 11 rings (SSSR count). The van der Waals surface area contributed by atoms with E-state index in [9.17, 15) is 0 Å². The van der Waals surface area contributed by atoms with E-state index in [-0.39, 0.29) is 0 Å². The molecule has 4 heteroatoms. The Morgan fingerprint density at radius 1 is 0.386 bits per heavy atom. The molecule has 0 saturated heterocycles. The maximum absolute atomic E-state index is 6.89. The number of thiazole rings is 1. The minimum Gasteiger partial charge on any atom is -0.455 e. The van der Waals surface area contributed by atoms with Gasteiger partial charge in [-0.1, -0.05) is 146 Å². The number of fused-ring (bicyclic) bond motifs is 6. The summed E-state index contributed by atoms with van der Waals surface area (Å²) in [6.07, 6.45) is 0. The van der Waals surface area contributed by atoms with Gasteiger partial charge in [-0.05, 0) is 93.9 Å². The predicted molar refractivity (Wildman–Crippen MR) is 241 cm³/mol. The number of aromatic nitrogens is 1. The summed E-state index contributed by atoms with van der Waals surface area (Å²) in [5.41, 5.74) is 14.2. The number of nitrogens with zero attached hydrogens (tertiary/aromatic N) is 2. The van der Waals surface area contributed by atoms with Gasteiger partial charge in [-0.2, -0.15) is 0 Å². The van der Waals surface area contributed by atoms with Crippen LogP contribution in [0.4, 0.5) is 17.1 Å². The van der Waals surface area contributed by atoms with E-state index in [1.54, 1.807) is 11.3 Å². The van der Waals surface area contributed by atoms with Gasteiger partial charge < -0.3 is 9.32 Å². The Morgan fingerprint density at radius 3 is 1.70 bits per heavy atom. The summed E-state index contributed by atoms with van der Waals surface area (Å²) in [5, 5.41) is 5.53. The van der Waals surface area contributed by atoms with Crippen LogP contribution >= 0.6 is 11.3 Å². The monoisotopic (exact) mass is 746 g/mol. The summed E-state index contributed by atoms with van der Waals surface area (Å²) < 4.78 is 8.10. The zero-order valence-electron chi connectivity index (χ0n) is 30.8. The van der Waals surface area contributed by atoms with Crippen LogP contribution in [-0.2, 0) is 0 Å². The normalized spacial score (nSPS) is 11.5. The highest BCUT2D eigenvalue weighted by atomic mass is 32.1. The Balaban J connectivity index is 0.942. The standard InChI is InChI=1S/C53H34N2OS/c1-3-10-35(11-4-1)36-24-29-43(30-25-36)55(42-12-5-2-6-13-42)44-31-26-38(27-32-44)45-14-9-15-46-47-33-28-39-20-23-41(34-48(39)52(47)56-51(45)46)37-18-21-40(22-19-37)53-54-49-16-7-8-17-50(49)57-53/h1-34H. The van der Waals surface area contributed by atoms with Crippen LogP contribution in [0.1, 0.15) is 0 Å². The lowest BCUT2D eigenvalue weighted by atomic mass is 9.98. The van der Waals surface area contributed by atoms with Crippen molar-refractivity contribution in [1.29, 1.82) is 0 Å². The molecule has 57 heavy (non-hydrogen) atoms. The van der Waals surface area contributed by atoms with Crippen molar-refractivity contribution >= 4 is 71.3 Å². The fourth-order valence-corrected chi connectivity index (χ4v) is 9.00. The Morgan fingerprint density at radius 2 is 0.947 bits per heavy atom. The molecular formula is C53H34N2OS. The van der Waals surface area contributed by atoms with Crippen molar-refractivity contribution in [2.45, 2.75) is 0 Å². The average molecular weight is 747 g/mol. The van der Waals surface area contributed by atoms with Crippen LogP contribution in [0.3, 0.4) is 0 Å². The van der Waals surface area contributed by atoms with E-state index in [1.807, 2.05) is 6.07 Å². The first-order chi connectivity index (χ1) is 28.2. The number of para-hydroxylation sites is 3. The maximum atomic E-state index is 6.89. The third-order valence-electron chi connectivity index (χ3n) is 10.9. The fraction of sp³-hybridized carbons (Fsp3) is 0. The van der Waals surface area contributed by atoms with Crippen LogP contribution in [0.25, 0.3) is 86.9 Å². The zero-order chi connectivity index (χ0) is 37.7. The molecule has 2 aromatic heterocycles. The summed E-state index contributed by atoms with van der Waals surface area (Å²) in [7, 11) is 0. The zero-order valence-corrected chi connectivity index (χ0v) is 31.7. The van der Waals surface area contributed by atoms with Gasteiger partial charge in [0, 0.05) is 44.3 Å². The Hall–Kier alpha value is -7.27. The lowest BCUT2D eigenvalue weighted by Gasteiger charge is -2.26. The summed E-state index contributed by atoms with van der Waals surface area (Å²) in [4.78, 5) is 7.17. The van der Waals surface area contributed by atoms with Crippen LogP contribution in [0.5, 0.6) is 0 Å². The highest BCUT2D eigenvalue weighted by Gasteiger charge is 2.17. The number of benzene rings is 9. The average Bonchev–Trinajstić information content (AvgIpc) is 3.90. The lowest BCUT2D eigenvalue weighted by molar-refractivity contribution is 0.674. The van der Waals surface area contributed by atoms with Gasteiger partial charge in [-0.25, -0.2) is 4.98 Å². The molecule has 0 aliphatic carbocycles. The SMILES string of the molecule is c1ccc(-c2ccc(N(c3ccccc3)c3ccc(-c4cccc5c4oc4c6cc(-c7ccc(-c8nc9ccccc9s8)cc7)ccc6ccc54)cc3)cc2)cc1. The van der Waals surface area contributed by atoms with Crippen molar-refractivity contribution in [3.05, 3.63) is 206 Å². The minimum atomic E-state index is 0.898. The van der Waals surface area contributed by atoms with Gasteiger partial charge in [0.25, 0.3) is 0 Å². The quantitative estimate of drug-likeness (QED) is 0.163. The first-order valence-corrected chi connectivity index (χ1v) is 20.0. The molecule has 0 atom stereocenters. The first-order valence-electron chi connectivity index (χ1n) is 19.2. The topological polar surface area (TPSA) is 29.3 Å². The van der Waals surface area contributed by atoms with Crippen LogP contribution in [0.15, 0.2) is 211 Å². The molecule has 0 N–H and O–H groups in total. The second kappa shape index (κ2) is 13.8. The van der Waals surface area contributed by atoms with Gasteiger partial charge in [0.1, 0.15) is 16.2 Å². The molecule has 0 bridgehead atoms. The van der Waals surface area contributed by atoms with E-state index < -0.39 is 0 Å². The van der Waals surface area contributed by atoms with Gasteiger partial charge in [0.05, 0.1) is 10.2 Å². The molecule has 3 nitrogen and oxygen atoms in total. The smallest absolute Gasteiger partial charge is 0.143 e. The first kappa shape index (κ1) is 33.1. The molecule has 0 fully saturated rings. The molecule has 11 aromatic rings. The van der Waals surface area contributed by atoms with E-state index in [4.69, 9.17) is 9.40 Å². The van der Waals surface area contributed by atoms with Gasteiger partial charge in [0.15, 0.2) is 0 Å². The third kappa shape index (κ3) is 5.95. The number of rotatable bonds is 7. The molecule has 0 saturated carbocycles. The second-order valence-electron chi connectivity index (χ2n) is 14.4.